The number of nitrogens with two attached hydrogens (primary N) is 1. The minimum Gasteiger partial charge on any atom is -0.480 e. The largest absolute Gasteiger partial charge is 0.480 e. The molecule has 2 aliphatic heterocycles. The lowest BCUT2D eigenvalue weighted by Crippen LogP contribution is -2.43. The van der Waals surface area contributed by atoms with E-state index in [1.165, 1.54) is 42.5 Å². The second kappa shape index (κ2) is 12.1. The SMILES string of the molecule is CS(=O)(=O)c1cccc(-c2cc(Cl)ccc2[C@@H](Oc2cc(N3CCC4(CC3)C[C@@H](C(=O)O)N(C(=O)O)C4)nc(N)n2)C(F)(F)F)c1. The highest BCUT2D eigenvalue weighted by atomic mass is 35.5. The average molecular weight is 684 g/mol. The number of hydrogen-bond donors (Lipinski definition) is 3. The number of rotatable bonds is 7. The molecule has 2 fully saturated rings. The van der Waals surface area contributed by atoms with Crippen LogP contribution in [0.15, 0.2) is 53.4 Å². The van der Waals surface area contributed by atoms with Crippen LogP contribution in [0.3, 0.4) is 0 Å². The second-order valence-electron chi connectivity index (χ2n) is 11.4. The van der Waals surface area contributed by atoms with E-state index in [2.05, 4.69) is 9.97 Å². The maximum absolute atomic E-state index is 14.6. The highest BCUT2D eigenvalue weighted by Gasteiger charge is 2.50. The van der Waals surface area contributed by atoms with Gasteiger partial charge in [-0.15, -0.1) is 0 Å². The molecule has 0 saturated carbocycles. The molecule has 0 radical (unpaired) electrons. The van der Waals surface area contributed by atoms with E-state index in [0.29, 0.717) is 25.9 Å². The Hall–Kier alpha value is -4.31. The fourth-order valence-corrected chi connectivity index (χ4v) is 6.87. The van der Waals surface area contributed by atoms with E-state index in [4.69, 9.17) is 22.1 Å². The molecule has 2 atom stereocenters. The van der Waals surface area contributed by atoms with Gasteiger partial charge in [0.05, 0.1) is 4.90 Å². The number of carbonyl (C=O) groups is 2. The van der Waals surface area contributed by atoms with Gasteiger partial charge in [-0.25, -0.2) is 18.0 Å². The number of nitrogen functional groups attached to an aromatic ring is 1. The standard InChI is InChI=1S/C29H29ClF3N5O7S/c1-46(43,44)18-4-2-3-16(11-18)20-12-17(30)5-6-19(20)24(29(31,32)33)45-23-13-22(35-26(34)36-23)37-9-7-28(8-10-37)14-21(25(39)40)38(15-28)27(41)42/h2-6,11-13,21,24H,7-10,14-15H2,1H3,(H,39,40)(H,41,42)(H2,34,35,36)/t21-,24+/m0/s1. The Bertz CT molecular complexity index is 1760. The van der Waals surface area contributed by atoms with E-state index < -0.39 is 51.5 Å². The molecule has 5 rings (SSSR count). The van der Waals surface area contributed by atoms with Crippen LogP contribution in [0.25, 0.3) is 11.1 Å². The Labute approximate surface area is 266 Å². The van der Waals surface area contributed by atoms with Gasteiger partial charge in [0.15, 0.2) is 9.84 Å². The fourth-order valence-electron chi connectivity index (χ4n) is 6.03. The third kappa shape index (κ3) is 6.92. The highest BCUT2D eigenvalue weighted by Crippen LogP contribution is 2.45. The molecular formula is C29H29ClF3N5O7S. The number of anilines is 2. The van der Waals surface area contributed by atoms with Crippen molar-refractivity contribution in [1.29, 1.82) is 0 Å². The molecule has 246 valence electrons. The summed E-state index contributed by atoms with van der Waals surface area (Å²) in [6, 6.07) is 9.18. The van der Waals surface area contributed by atoms with Crippen LogP contribution >= 0.6 is 11.6 Å². The zero-order valence-electron chi connectivity index (χ0n) is 24.2. The van der Waals surface area contributed by atoms with Crippen LogP contribution in [0.2, 0.25) is 5.02 Å². The van der Waals surface area contributed by atoms with Gasteiger partial charge in [-0.2, -0.15) is 23.1 Å². The number of alkyl halides is 3. The Kier molecular flexibility index (Phi) is 8.72. The number of likely N-dealkylation sites (tertiary alicyclic amines) is 1. The summed E-state index contributed by atoms with van der Waals surface area (Å²) in [5, 5.41) is 19.1. The van der Waals surface area contributed by atoms with Crippen LogP contribution in [0.4, 0.5) is 29.7 Å². The highest BCUT2D eigenvalue weighted by molar-refractivity contribution is 7.90. The van der Waals surface area contributed by atoms with Gasteiger partial charge in [-0.1, -0.05) is 29.8 Å². The molecule has 4 N–H and O–H groups in total. The van der Waals surface area contributed by atoms with Crippen molar-refractivity contribution >= 4 is 45.3 Å². The van der Waals surface area contributed by atoms with E-state index in [0.717, 1.165) is 17.2 Å². The Balaban J connectivity index is 1.43. The van der Waals surface area contributed by atoms with Crippen LogP contribution in [-0.2, 0) is 14.6 Å². The predicted octanol–water partition coefficient (Wildman–Crippen LogP) is 4.89. The Morgan fingerprint density at radius 3 is 2.39 bits per heavy atom. The van der Waals surface area contributed by atoms with Gasteiger partial charge >= 0.3 is 18.2 Å². The topological polar surface area (TPSA) is 176 Å². The summed E-state index contributed by atoms with van der Waals surface area (Å²) in [5.41, 5.74) is 5.13. The van der Waals surface area contributed by atoms with Crippen LogP contribution in [-0.4, -0.2) is 83.7 Å². The summed E-state index contributed by atoms with van der Waals surface area (Å²) < 4.78 is 73.6. The van der Waals surface area contributed by atoms with Crippen LogP contribution in [0.5, 0.6) is 5.88 Å². The maximum atomic E-state index is 14.6. The number of piperidine rings is 1. The molecule has 2 aliphatic rings. The molecule has 2 aromatic carbocycles. The number of nitrogens with zero attached hydrogens (tertiary/aromatic N) is 4. The van der Waals surface area contributed by atoms with Crippen LogP contribution < -0.4 is 15.4 Å². The van der Waals surface area contributed by atoms with Crippen molar-refractivity contribution < 1.29 is 46.1 Å². The van der Waals surface area contributed by atoms with Gasteiger partial charge in [0.25, 0.3) is 0 Å². The molecule has 1 spiro atoms. The summed E-state index contributed by atoms with van der Waals surface area (Å²) in [7, 11) is -3.67. The third-order valence-electron chi connectivity index (χ3n) is 8.30. The molecule has 0 unspecified atom stereocenters. The molecule has 12 nitrogen and oxygen atoms in total. The number of aromatic nitrogens is 2. The van der Waals surface area contributed by atoms with E-state index >= 15 is 0 Å². The number of sulfone groups is 1. The summed E-state index contributed by atoms with van der Waals surface area (Å²) in [4.78, 5) is 33.9. The van der Waals surface area contributed by atoms with E-state index in [1.54, 1.807) is 4.90 Å². The summed E-state index contributed by atoms with van der Waals surface area (Å²) >= 11 is 6.15. The van der Waals surface area contributed by atoms with Gasteiger partial charge < -0.3 is 25.6 Å². The molecular weight excluding hydrogens is 655 g/mol. The molecule has 17 heteroatoms. The first-order valence-corrected chi connectivity index (χ1v) is 16.2. The number of carboxylic acids is 1. The van der Waals surface area contributed by atoms with Crippen molar-refractivity contribution in [3.63, 3.8) is 0 Å². The molecule has 3 aromatic rings. The van der Waals surface area contributed by atoms with Crippen LogP contribution in [0, 0.1) is 5.41 Å². The first kappa shape index (κ1) is 33.1. The zero-order valence-corrected chi connectivity index (χ0v) is 25.8. The fraction of sp³-hybridized carbons (Fsp3) is 0.379. The molecule has 0 aliphatic carbocycles. The van der Waals surface area contributed by atoms with Gasteiger partial charge in [-0.3, -0.25) is 4.90 Å². The molecule has 46 heavy (non-hydrogen) atoms. The lowest BCUT2D eigenvalue weighted by Gasteiger charge is -2.39. The second-order valence-corrected chi connectivity index (χ2v) is 13.9. The van der Waals surface area contributed by atoms with Gasteiger partial charge in [0, 0.05) is 42.5 Å². The number of carboxylic acid groups (broad SMARTS) is 2. The van der Waals surface area contributed by atoms with Crippen molar-refractivity contribution in [1.82, 2.24) is 14.9 Å². The van der Waals surface area contributed by atoms with E-state index in [-0.39, 0.29) is 51.3 Å². The zero-order chi connectivity index (χ0) is 33.6. The van der Waals surface area contributed by atoms with Crippen molar-refractivity contribution in [3.05, 3.63) is 59.1 Å². The summed E-state index contributed by atoms with van der Waals surface area (Å²) in [6.07, 6.45) is -6.90. The average Bonchev–Trinajstić information content (AvgIpc) is 3.35. The molecule has 0 bridgehead atoms. The number of ether oxygens (including phenoxy) is 1. The lowest BCUT2D eigenvalue weighted by atomic mass is 9.76. The number of benzene rings is 2. The van der Waals surface area contributed by atoms with Crippen molar-refractivity contribution in [2.45, 2.75) is 42.5 Å². The first-order chi connectivity index (χ1) is 21.5. The number of aliphatic carboxylic acids is 1. The minimum absolute atomic E-state index is 0.00413. The maximum Gasteiger partial charge on any atom is 0.429 e. The quantitative estimate of drug-likeness (QED) is 0.309. The smallest absolute Gasteiger partial charge is 0.429 e. The number of halogens is 4. The van der Waals surface area contributed by atoms with Gasteiger partial charge in [-0.05, 0) is 60.1 Å². The van der Waals surface area contributed by atoms with Crippen molar-refractivity contribution in [2.75, 3.05) is 36.5 Å². The Morgan fingerprint density at radius 1 is 1.11 bits per heavy atom. The van der Waals surface area contributed by atoms with E-state index in [9.17, 15) is 41.4 Å². The molecule has 1 aromatic heterocycles. The first-order valence-electron chi connectivity index (χ1n) is 13.9. The molecule has 3 heterocycles. The van der Waals surface area contributed by atoms with Crippen molar-refractivity contribution in [3.8, 4) is 17.0 Å². The Morgan fingerprint density at radius 2 is 1.80 bits per heavy atom. The number of amides is 1. The predicted molar refractivity (Wildman–Crippen MR) is 161 cm³/mol. The third-order valence-corrected chi connectivity index (χ3v) is 9.65. The van der Waals surface area contributed by atoms with E-state index in [1.807, 2.05) is 0 Å². The summed E-state index contributed by atoms with van der Waals surface area (Å²) in [6.45, 7) is 0.657. The van der Waals surface area contributed by atoms with Gasteiger partial charge in [0.2, 0.25) is 17.9 Å². The lowest BCUT2D eigenvalue weighted by molar-refractivity contribution is -0.198. The number of hydrogen-bond acceptors (Lipinski definition) is 9. The summed E-state index contributed by atoms with van der Waals surface area (Å²) in [5.74, 6) is -1.87. The molecule has 1 amide bonds. The van der Waals surface area contributed by atoms with Gasteiger partial charge in [0.1, 0.15) is 11.9 Å². The monoisotopic (exact) mass is 683 g/mol. The van der Waals surface area contributed by atoms with Crippen LogP contribution in [0.1, 0.15) is 30.9 Å². The molecule has 2 saturated heterocycles. The minimum atomic E-state index is -4.96. The van der Waals surface area contributed by atoms with Crippen molar-refractivity contribution in [2.24, 2.45) is 5.41 Å². The normalized spacial score (nSPS) is 18.8.